The van der Waals surface area contributed by atoms with E-state index in [9.17, 15) is 4.79 Å². The van der Waals surface area contributed by atoms with E-state index in [1.54, 1.807) is 0 Å². The summed E-state index contributed by atoms with van der Waals surface area (Å²) in [5, 5.41) is 8.96. The van der Waals surface area contributed by atoms with E-state index in [0.717, 1.165) is 24.2 Å². The average molecular weight is 250 g/mol. The highest BCUT2D eigenvalue weighted by atomic mass is 16.4. The molecule has 0 aromatic rings. The van der Waals surface area contributed by atoms with Crippen molar-refractivity contribution in [2.45, 2.75) is 65.2 Å². The van der Waals surface area contributed by atoms with Gasteiger partial charge in [0.05, 0.1) is 0 Å². The number of hydrogen-bond donors (Lipinski definition) is 1. The van der Waals surface area contributed by atoms with Crippen LogP contribution in [-0.4, -0.2) is 11.1 Å². The first-order valence-corrected chi connectivity index (χ1v) is 7.62. The Morgan fingerprint density at radius 1 is 1.11 bits per heavy atom. The van der Waals surface area contributed by atoms with Gasteiger partial charge < -0.3 is 5.11 Å². The van der Waals surface area contributed by atoms with E-state index < -0.39 is 5.97 Å². The molecule has 0 unspecified atom stereocenters. The number of carboxylic acid groups (broad SMARTS) is 1. The van der Waals surface area contributed by atoms with Gasteiger partial charge in [0.15, 0.2) is 0 Å². The van der Waals surface area contributed by atoms with E-state index in [-0.39, 0.29) is 5.41 Å². The lowest BCUT2D eigenvalue weighted by Gasteiger charge is -2.62. The van der Waals surface area contributed by atoms with Crippen LogP contribution in [0.4, 0.5) is 0 Å². The third-order valence-corrected chi connectivity index (χ3v) is 6.44. The minimum Gasteiger partial charge on any atom is -0.481 e. The Bertz CT molecular complexity index is 321. The van der Waals surface area contributed by atoms with E-state index in [1.807, 2.05) is 0 Å². The second kappa shape index (κ2) is 3.98. The molecule has 4 aliphatic rings. The predicted molar refractivity (Wildman–Crippen MR) is 71.3 cm³/mol. The summed E-state index contributed by atoms with van der Waals surface area (Å²) in [6, 6.07) is 0. The molecule has 4 saturated carbocycles. The molecule has 0 aliphatic heterocycles. The fourth-order valence-electron chi connectivity index (χ4n) is 5.62. The summed E-state index contributed by atoms with van der Waals surface area (Å²) in [6.07, 6.45) is 9.74. The predicted octanol–water partition coefficient (Wildman–Crippen LogP) is 4.09. The zero-order valence-corrected chi connectivity index (χ0v) is 11.7. The van der Waals surface area contributed by atoms with Crippen molar-refractivity contribution < 1.29 is 9.90 Å². The van der Waals surface area contributed by atoms with Crippen molar-refractivity contribution in [3.8, 4) is 0 Å². The van der Waals surface area contributed by atoms with E-state index in [2.05, 4.69) is 13.8 Å². The molecular formula is C16H26O2. The van der Waals surface area contributed by atoms with Crippen molar-refractivity contribution in [1.29, 1.82) is 0 Å². The maximum Gasteiger partial charge on any atom is 0.303 e. The molecule has 0 saturated heterocycles. The third-order valence-electron chi connectivity index (χ3n) is 6.44. The molecule has 0 atom stereocenters. The summed E-state index contributed by atoms with van der Waals surface area (Å²) in [6.45, 7) is 4.67. The van der Waals surface area contributed by atoms with Gasteiger partial charge in [0.25, 0.3) is 0 Å². The molecule has 4 fully saturated rings. The molecule has 4 bridgehead atoms. The van der Waals surface area contributed by atoms with Crippen LogP contribution in [0.5, 0.6) is 0 Å². The van der Waals surface area contributed by atoms with Crippen LogP contribution in [0.25, 0.3) is 0 Å². The zero-order chi connectivity index (χ0) is 13.0. The van der Waals surface area contributed by atoms with Gasteiger partial charge in [-0.25, -0.2) is 0 Å². The molecule has 0 aromatic carbocycles. The highest BCUT2D eigenvalue weighted by Crippen LogP contribution is 2.66. The van der Waals surface area contributed by atoms with Crippen LogP contribution in [0, 0.1) is 28.6 Å². The smallest absolute Gasteiger partial charge is 0.303 e. The molecule has 1 N–H and O–H groups in total. The molecule has 2 nitrogen and oxygen atoms in total. The summed E-state index contributed by atoms with van der Waals surface area (Å²) < 4.78 is 0. The van der Waals surface area contributed by atoms with Crippen LogP contribution in [0.2, 0.25) is 0 Å². The summed E-state index contributed by atoms with van der Waals surface area (Å²) in [5.41, 5.74) is 0.679. The maximum atomic E-state index is 10.9. The molecule has 4 rings (SSSR count). The monoisotopic (exact) mass is 250 g/mol. The zero-order valence-electron chi connectivity index (χ0n) is 11.7. The average Bonchev–Trinajstić information content (AvgIpc) is 2.24. The molecule has 2 heteroatoms. The van der Waals surface area contributed by atoms with Crippen molar-refractivity contribution in [2.24, 2.45) is 28.6 Å². The highest BCUT2D eigenvalue weighted by Gasteiger charge is 2.56. The van der Waals surface area contributed by atoms with Gasteiger partial charge in [-0.1, -0.05) is 13.8 Å². The summed E-state index contributed by atoms with van der Waals surface area (Å²) in [4.78, 5) is 10.9. The van der Waals surface area contributed by atoms with Gasteiger partial charge in [-0.15, -0.1) is 0 Å². The molecular weight excluding hydrogens is 224 g/mol. The number of hydrogen-bond acceptors (Lipinski definition) is 1. The van der Waals surface area contributed by atoms with E-state index in [1.165, 1.54) is 38.5 Å². The van der Waals surface area contributed by atoms with Crippen molar-refractivity contribution in [3.05, 3.63) is 0 Å². The lowest BCUT2D eigenvalue weighted by atomic mass is 9.43. The molecule has 18 heavy (non-hydrogen) atoms. The van der Waals surface area contributed by atoms with Gasteiger partial charge in [-0.3, -0.25) is 4.79 Å². The minimum absolute atomic E-state index is 0.210. The lowest BCUT2D eigenvalue weighted by Crippen LogP contribution is -2.52. The van der Waals surface area contributed by atoms with Crippen molar-refractivity contribution >= 4 is 5.97 Å². The van der Waals surface area contributed by atoms with Gasteiger partial charge in [0.1, 0.15) is 0 Å². The fourth-order valence-corrected chi connectivity index (χ4v) is 5.62. The fraction of sp³-hybridized carbons (Fsp3) is 0.938. The number of carboxylic acids is 1. The van der Waals surface area contributed by atoms with Crippen LogP contribution >= 0.6 is 0 Å². The molecule has 0 radical (unpaired) electrons. The SMILES string of the molecule is CC(C)(CCC(=O)O)C12CC3CC(CC(C3)C1)C2. The molecule has 0 amide bonds. The first kappa shape index (κ1) is 12.5. The van der Waals surface area contributed by atoms with Crippen molar-refractivity contribution in [2.75, 3.05) is 0 Å². The Hall–Kier alpha value is -0.530. The van der Waals surface area contributed by atoms with Gasteiger partial charge in [-0.05, 0) is 73.5 Å². The molecule has 0 spiro atoms. The van der Waals surface area contributed by atoms with Crippen LogP contribution in [0.1, 0.15) is 65.2 Å². The standard InChI is InChI=1S/C16H26O2/c1-15(2,4-3-14(17)18)16-8-11-5-12(9-16)7-13(6-11)10-16/h11-13H,3-10H2,1-2H3,(H,17,18). The Labute approximate surface area is 110 Å². The van der Waals surface area contributed by atoms with Crippen LogP contribution < -0.4 is 0 Å². The lowest BCUT2D eigenvalue weighted by molar-refractivity contribution is -0.142. The maximum absolute atomic E-state index is 10.9. The van der Waals surface area contributed by atoms with Crippen molar-refractivity contribution in [1.82, 2.24) is 0 Å². The van der Waals surface area contributed by atoms with Gasteiger partial charge >= 0.3 is 5.97 Å². The molecule has 0 aromatic heterocycles. The van der Waals surface area contributed by atoms with Crippen molar-refractivity contribution in [3.63, 3.8) is 0 Å². The van der Waals surface area contributed by atoms with Crippen LogP contribution in [-0.2, 0) is 4.79 Å². The minimum atomic E-state index is -0.632. The Morgan fingerprint density at radius 3 is 1.94 bits per heavy atom. The Kier molecular flexibility index (Phi) is 2.76. The van der Waals surface area contributed by atoms with Gasteiger partial charge in [0.2, 0.25) is 0 Å². The molecule has 4 aliphatic carbocycles. The Balaban J connectivity index is 1.79. The summed E-state index contributed by atoms with van der Waals surface area (Å²) in [7, 11) is 0. The highest BCUT2D eigenvalue weighted by molar-refractivity contribution is 5.66. The quantitative estimate of drug-likeness (QED) is 0.815. The number of aliphatic carboxylic acids is 1. The van der Waals surface area contributed by atoms with E-state index in [4.69, 9.17) is 5.11 Å². The van der Waals surface area contributed by atoms with E-state index in [0.29, 0.717) is 11.8 Å². The third kappa shape index (κ3) is 1.88. The second-order valence-electron chi connectivity index (χ2n) is 7.98. The number of carbonyl (C=O) groups is 1. The molecule has 0 heterocycles. The normalized spacial score (nSPS) is 42.2. The van der Waals surface area contributed by atoms with Gasteiger partial charge in [0, 0.05) is 6.42 Å². The summed E-state index contributed by atoms with van der Waals surface area (Å²) >= 11 is 0. The first-order valence-electron chi connectivity index (χ1n) is 7.62. The Morgan fingerprint density at radius 2 is 1.56 bits per heavy atom. The largest absolute Gasteiger partial charge is 0.481 e. The first-order chi connectivity index (χ1) is 8.40. The second-order valence-corrected chi connectivity index (χ2v) is 7.98. The summed E-state index contributed by atoms with van der Waals surface area (Å²) in [5.74, 6) is 2.24. The van der Waals surface area contributed by atoms with E-state index >= 15 is 0 Å². The van der Waals surface area contributed by atoms with Gasteiger partial charge in [-0.2, -0.15) is 0 Å². The van der Waals surface area contributed by atoms with Crippen LogP contribution in [0.15, 0.2) is 0 Å². The number of rotatable bonds is 4. The van der Waals surface area contributed by atoms with Crippen LogP contribution in [0.3, 0.4) is 0 Å². The topological polar surface area (TPSA) is 37.3 Å². The molecule has 102 valence electrons.